The lowest BCUT2D eigenvalue weighted by Gasteiger charge is -2.38. The number of rotatable bonds is 15. The van der Waals surface area contributed by atoms with Crippen LogP contribution in [0.15, 0.2) is 72.8 Å². The first kappa shape index (κ1) is 39.1. The molecule has 0 radical (unpaired) electrons. The molecule has 2 aliphatic heterocycles. The molecular weight excluding hydrogens is 658 g/mol. The first-order valence-corrected chi connectivity index (χ1v) is 18.7. The van der Waals surface area contributed by atoms with E-state index in [1.807, 2.05) is 75.4 Å². The molecule has 52 heavy (non-hydrogen) atoms. The van der Waals surface area contributed by atoms with Crippen molar-refractivity contribution in [2.45, 2.75) is 116 Å². The number of aliphatic hydroxyl groups is 1. The number of hydrogen-bond donors (Lipinski definition) is 3. The van der Waals surface area contributed by atoms with Gasteiger partial charge < -0.3 is 30.0 Å². The third-order valence-corrected chi connectivity index (χ3v) is 9.54. The molecular formula is C42H55N3O7. The molecule has 0 spiro atoms. The number of benzene rings is 3. The average molecular weight is 714 g/mol. The van der Waals surface area contributed by atoms with E-state index in [1.54, 1.807) is 0 Å². The van der Waals surface area contributed by atoms with Gasteiger partial charge in [0.05, 0.1) is 18.8 Å². The molecule has 0 saturated carbocycles. The Labute approximate surface area is 308 Å². The van der Waals surface area contributed by atoms with Crippen LogP contribution in [0.4, 0.5) is 0 Å². The van der Waals surface area contributed by atoms with Crippen molar-refractivity contribution in [2.75, 3.05) is 19.6 Å². The zero-order chi connectivity index (χ0) is 37.1. The highest BCUT2D eigenvalue weighted by molar-refractivity contribution is 5.77. The van der Waals surface area contributed by atoms with Crippen molar-refractivity contribution in [2.24, 2.45) is 0 Å². The molecule has 5 rings (SSSR count). The Bertz CT molecular complexity index is 1620. The van der Waals surface area contributed by atoms with Crippen molar-refractivity contribution in [1.82, 2.24) is 15.5 Å². The number of aliphatic hydroxyl groups excluding tert-OH is 1. The summed E-state index contributed by atoms with van der Waals surface area (Å²) in [4.78, 5) is 38.9. The second kappa shape index (κ2) is 18.6. The summed E-state index contributed by atoms with van der Waals surface area (Å²) in [6.45, 7) is 9.63. The van der Waals surface area contributed by atoms with Crippen molar-refractivity contribution in [1.29, 1.82) is 0 Å². The van der Waals surface area contributed by atoms with Gasteiger partial charge in [-0.1, -0.05) is 79.2 Å². The normalized spacial score (nSPS) is 20.7. The zero-order valence-corrected chi connectivity index (χ0v) is 31.1. The number of carbonyl (C=O) groups is 3. The van der Waals surface area contributed by atoms with Crippen LogP contribution in [-0.2, 0) is 41.7 Å². The summed E-state index contributed by atoms with van der Waals surface area (Å²) in [5.41, 5.74) is 5.28. The van der Waals surface area contributed by atoms with Gasteiger partial charge in [0.25, 0.3) is 0 Å². The van der Waals surface area contributed by atoms with Crippen molar-refractivity contribution in [3.8, 4) is 11.1 Å². The molecule has 2 amide bonds. The van der Waals surface area contributed by atoms with Gasteiger partial charge in [0, 0.05) is 45.0 Å². The molecule has 10 nitrogen and oxygen atoms in total. The number of nitrogens with one attached hydrogen (secondary N) is 2. The Balaban J connectivity index is 1.26. The van der Waals surface area contributed by atoms with E-state index >= 15 is 0 Å². The van der Waals surface area contributed by atoms with Gasteiger partial charge in [0.1, 0.15) is 11.6 Å². The molecule has 2 heterocycles. The van der Waals surface area contributed by atoms with Crippen molar-refractivity contribution in [3.63, 3.8) is 0 Å². The number of unbranched alkanes of at least 4 members (excludes halogenated alkanes) is 2. The fraction of sp³-hybridized carbons (Fsp3) is 0.500. The van der Waals surface area contributed by atoms with Crippen LogP contribution < -0.4 is 10.6 Å². The Morgan fingerprint density at radius 2 is 1.63 bits per heavy atom. The van der Waals surface area contributed by atoms with Gasteiger partial charge in [-0.05, 0) is 80.8 Å². The second-order valence-electron chi connectivity index (χ2n) is 14.9. The Morgan fingerprint density at radius 3 is 2.35 bits per heavy atom. The van der Waals surface area contributed by atoms with Crippen LogP contribution in [-0.4, -0.2) is 65.2 Å². The van der Waals surface area contributed by atoms with E-state index < -0.39 is 11.9 Å². The highest BCUT2D eigenvalue weighted by Gasteiger charge is 2.39. The Hall–Kier alpha value is -4.09. The van der Waals surface area contributed by atoms with Crippen LogP contribution in [0.2, 0.25) is 0 Å². The minimum absolute atomic E-state index is 0.0118. The third-order valence-electron chi connectivity index (χ3n) is 9.54. The molecule has 3 aromatic rings. The monoisotopic (exact) mass is 713 g/mol. The fourth-order valence-electron chi connectivity index (χ4n) is 6.89. The lowest BCUT2D eigenvalue weighted by molar-refractivity contribution is -0.253. The molecule has 0 bridgehead atoms. The van der Waals surface area contributed by atoms with E-state index in [1.165, 1.54) is 6.92 Å². The molecule has 2 fully saturated rings. The summed E-state index contributed by atoms with van der Waals surface area (Å²) in [6.07, 6.45) is 4.24. The van der Waals surface area contributed by atoms with E-state index in [0.717, 1.165) is 72.0 Å². The first-order chi connectivity index (χ1) is 25.0. The number of nitrogens with zero attached hydrogens (tertiary/aromatic N) is 1. The van der Waals surface area contributed by atoms with Crippen molar-refractivity contribution < 1.29 is 33.7 Å². The molecule has 10 heteroatoms. The Kier molecular flexibility index (Phi) is 14.0. The molecule has 0 aromatic heterocycles. The smallest absolute Gasteiger partial charge is 0.323 e. The number of carbonyl (C=O) groups excluding carboxylic acids is 3. The molecule has 2 aliphatic rings. The first-order valence-electron chi connectivity index (χ1n) is 18.7. The van der Waals surface area contributed by atoms with Crippen LogP contribution in [0, 0.1) is 0 Å². The number of ether oxygens (including phenoxy) is 3. The standard InChI is InChI=1S/C42H55N3O7/c1-29(47)43-23-9-5-6-14-39(48)44-26-34-11-7-8-12-36(34)31-19-21-33(22-20-31)41-50-35(25-38(51-41)32-17-15-30(28-46)16-18-32)27-45-24-10-13-37(45)40(49)52-42(2,3)4/h7-8,11-12,15-22,35,37-38,41,46H,5-6,9-10,13-14,23-28H2,1-4H3,(H,43,47)(H,44,48)/t35-,37+,38+,41+/m1/s1. The molecule has 3 N–H and O–H groups in total. The summed E-state index contributed by atoms with van der Waals surface area (Å²) in [5, 5.41) is 15.4. The molecule has 280 valence electrons. The fourth-order valence-corrected chi connectivity index (χ4v) is 6.89. The van der Waals surface area contributed by atoms with Gasteiger partial charge >= 0.3 is 5.97 Å². The van der Waals surface area contributed by atoms with Gasteiger partial charge in [0.15, 0.2) is 6.29 Å². The van der Waals surface area contributed by atoms with Crippen LogP contribution in [0.1, 0.15) is 107 Å². The summed E-state index contributed by atoms with van der Waals surface area (Å²) in [7, 11) is 0. The van der Waals surface area contributed by atoms with Gasteiger partial charge in [-0.2, -0.15) is 0 Å². The number of amides is 2. The lowest BCUT2D eigenvalue weighted by Crippen LogP contribution is -2.45. The van der Waals surface area contributed by atoms with Crippen LogP contribution >= 0.6 is 0 Å². The SMILES string of the molecule is CC(=O)NCCCCCC(=O)NCc1ccccc1-c1ccc([C@H]2O[C@@H](CN3CCC[C@H]3C(=O)OC(C)(C)C)C[C@@H](c3ccc(CO)cc3)O2)cc1. The van der Waals surface area contributed by atoms with E-state index in [4.69, 9.17) is 14.2 Å². The quantitative estimate of drug-likeness (QED) is 0.120. The predicted molar refractivity (Wildman–Crippen MR) is 200 cm³/mol. The van der Waals surface area contributed by atoms with Crippen LogP contribution in [0.25, 0.3) is 11.1 Å². The molecule has 0 aliphatic carbocycles. The third kappa shape index (κ3) is 11.5. The van der Waals surface area contributed by atoms with Crippen molar-refractivity contribution in [3.05, 3.63) is 95.1 Å². The number of hydrogen-bond acceptors (Lipinski definition) is 8. The minimum Gasteiger partial charge on any atom is -0.459 e. The Morgan fingerprint density at radius 1 is 0.904 bits per heavy atom. The highest BCUT2D eigenvalue weighted by atomic mass is 16.7. The van der Waals surface area contributed by atoms with Gasteiger partial charge in [-0.15, -0.1) is 0 Å². The predicted octanol–water partition coefficient (Wildman–Crippen LogP) is 6.51. The lowest BCUT2D eigenvalue weighted by atomic mass is 9.97. The zero-order valence-electron chi connectivity index (χ0n) is 31.1. The largest absolute Gasteiger partial charge is 0.459 e. The highest BCUT2D eigenvalue weighted by Crippen LogP contribution is 2.39. The van der Waals surface area contributed by atoms with E-state index in [9.17, 15) is 19.5 Å². The van der Waals surface area contributed by atoms with E-state index in [-0.39, 0.29) is 42.6 Å². The van der Waals surface area contributed by atoms with Crippen molar-refractivity contribution >= 4 is 17.8 Å². The van der Waals surface area contributed by atoms with Crippen LogP contribution in [0.3, 0.4) is 0 Å². The number of likely N-dealkylation sites (tertiary alicyclic amines) is 1. The minimum atomic E-state index is -0.620. The van der Waals surface area contributed by atoms with Crippen LogP contribution in [0.5, 0.6) is 0 Å². The second-order valence-corrected chi connectivity index (χ2v) is 14.9. The number of esters is 1. The average Bonchev–Trinajstić information content (AvgIpc) is 3.60. The van der Waals surface area contributed by atoms with Gasteiger partial charge in [-0.3, -0.25) is 19.3 Å². The van der Waals surface area contributed by atoms with Gasteiger partial charge in [0.2, 0.25) is 11.8 Å². The maximum atomic E-state index is 13.1. The summed E-state index contributed by atoms with van der Waals surface area (Å²) >= 11 is 0. The molecule has 2 saturated heterocycles. The molecule has 0 unspecified atom stereocenters. The maximum absolute atomic E-state index is 13.1. The van der Waals surface area contributed by atoms with Gasteiger partial charge in [-0.25, -0.2) is 0 Å². The summed E-state index contributed by atoms with van der Waals surface area (Å²) in [5.74, 6) is -0.206. The topological polar surface area (TPSA) is 126 Å². The molecule has 4 atom stereocenters. The maximum Gasteiger partial charge on any atom is 0.323 e. The van der Waals surface area contributed by atoms with E-state index in [2.05, 4.69) is 33.7 Å². The van der Waals surface area contributed by atoms with E-state index in [0.29, 0.717) is 32.5 Å². The summed E-state index contributed by atoms with van der Waals surface area (Å²) < 4.78 is 19.0. The summed E-state index contributed by atoms with van der Waals surface area (Å²) in [6, 6.07) is 23.8. The molecule has 3 aromatic carbocycles.